The van der Waals surface area contributed by atoms with Gasteiger partial charge in [-0.1, -0.05) is 61.0 Å². The third-order valence-corrected chi connectivity index (χ3v) is 22.3. The van der Waals surface area contributed by atoms with E-state index >= 15 is 17.6 Å². The van der Waals surface area contributed by atoms with Gasteiger partial charge in [0.25, 0.3) is 11.8 Å². The van der Waals surface area contributed by atoms with Crippen LogP contribution in [0.1, 0.15) is 165 Å². The maximum absolute atomic E-state index is 15.3. The number of carbonyl (C=O) groups is 2. The zero-order valence-corrected chi connectivity index (χ0v) is 67.1. The summed E-state index contributed by atoms with van der Waals surface area (Å²) in [5.74, 6) is -4.01. The number of nitrogens with zero attached hydrogens (tertiary/aromatic N) is 11. The molecule has 0 bridgehead atoms. The standard InChI is InChI=1S/C38H35ClF4N6O4S.C38H34ClF4N5O4S.C5H11NO2/c1-37(2,51)10-9-23-5-6-25(26-7-8-29(39)32-30(18-54(4,52)53)46-48(3)34(26)32)33(45-23)20(11-19-12-21(40)15-22(41)13-19)14-24(50)17-49-35-31(36(44)47-49)27-16-28(27)38(35,42)43;1-37(2,50)10-9-24-5-6-26(27-7-8-31(39)33-32(19-53(4,51)52)46-47(3)35(27)33)34(45-24)21(11-20-12-22(40)15-23(41)13-20)14-25(49)18-48-36-29(17-44-48)28-16-30(28)38(36,42)43;1-5(2)3-4-8-6-7/h5-8,12-13,15,20,27-28,51H,11,14,16-18H2,1-4H3,(H2,44,47);5-8,12-13,15,17,21,28,30,50H,11,14,16,18-19H2,1-4H3;5H,3-4H2,1-2H3/t20-,27+,28-;21-,28-,30-;/m11./s1. The second-order valence-electron chi connectivity index (χ2n) is 31.3. The van der Waals surface area contributed by atoms with E-state index in [0.717, 1.165) is 58.6 Å². The number of nitrogen functional groups attached to an aromatic ring is 1. The molecule has 22 nitrogen and oxygen atoms in total. The molecule has 2 fully saturated rings. The Kier molecular flexibility index (Phi) is 23.7. The largest absolute Gasteiger partial charge is 0.382 e. The number of ketones is 2. The smallest absolute Gasteiger partial charge is 0.293 e. The van der Waals surface area contributed by atoms with Crippen LogP contribution < -0.4 is 5.73 Å². The normalized spacial score (nSPS) is 17.3. The molecule has 4 aliphatic rings. The number of alkyl halides is 4. The van der Waals surface area contributed by atoms with Crippen molar-refractivity contribution < 1.29 is 76.6 Å². The molecule has 0 aliphatic heterocycles. The molecule has 0 unspecified atom stereocenters. The van der Waals surface area contributed by atoms with Crippen molar-refractivity contribution in [2.24, 2.45) is 37.2 Å². The summed E-state index contributed by atoms with van der Waals surface area (Å²) in [4.78, 5) is 51.1. The second-order valence-corrected chi connectivity index (χ2v) is 36.4. The Bertz CT molecular complexity index is 5890. The van der Waals surface area contributed by atoms with Crippen LogP contribution in [0.5, 0.6) is 0 Å². The zero-order chi connectivity index (χ0) is 83.7. The fourth-order valence-electron chi connectivity index (χ4n) is 15.2. The number of nitrogens with two attached hydrogens (primary N) is 1. The molecular weight excluding hydrogens is 1590 g/mol. The van der Waals surface area contributed by atoms with Gasteiger partial charge >= 0.3 is 0 Å². The lowest BCUT2D eigenvalue weighted by Crippen LogP contribution is -2.24. The molecule has 14 rings (SSSR count). The molecule has 606 valence electrons. The van der Waals surface area contributed by atoms with Crippen molar-refractivity contribution in [1.29, 1.82) is 0 Å². The summed E-state index contributed by atoms with van der Waals surface area (Å²) in [6.45, 7) is 9.53. The molecule has 2 saturated carbocycles. The molecule has 6 aromatic heterocycles. The van der Waals surface area contributed by atoms with Gasteiger partial charge in [0.2, 0.25) is 0 Å². The van der Waals surface area contributed by atoms with Crippen LogP contribution in [0.15, 0.2) is 96.5 Å². The molecule has 4 aromatic carbocycles. The van der Waals surface area contributed by atoms with Gasteiger partial charge < -0.3 is 20.8 Å². The van der Waals surface area contributed by atoms with E-state index in [-0.39, 0.29) is 115 Å². The highest BCUT2D eigenvalue weighted by Crippen LogP contribution is 2.69. The van der Waals surface area contributed by atoms with Gasteiger partial charge in [0.1, 0.15) is 82.8 Å². The minimum Gasteiger partial charge on any atom is -0.382 e. The van der Waals surface area contributed by atoms with E-state index < -0.39 is 126 Å². The lowest BCUT2D eigenvalue weighted by atomic mass is 9.86. The van der Waals surface area contributed by atoms with E-state index in [1.807, 2.05) is 0 Å². The van der Waals surface area contributed by atoms with Crippen LogP contribution in [0, 0.1) is 69.6 Å². The number of carbonyl (C=O) groups excluding carboxylic acids is 2. The number of hydrogen-bond acceptors (Lipinski definition) is 18. The van der Waals surface area contributed by atoms with Crippen molar-refractivity contribution in [1.82, 2.24) is 49.1 Å². The Hall–Kier alpha value is -9.96. The molecule has 4 N–H and O–H groups in total. The highest BCUT2D eigenvalue weighted by Gasteiger charge is 2.67. The highest BCUT2D eigenvalue weighted by atomic mass is 35.5. The van der Waals surface area contributed by atoms with Crippen LogP contribution in [0.4, 0.5) is 40.9 Å². The molecule has 0 radical (unpaired) electrons. The number of sulfone groups is 2. The lowest BCUT2D eigenvalue weighted by molar-refractivity contribution is -0.121. The maximum Gasteiger partial charge on any atom is 0.293 e. The number of anilines is 1. The molecule has 6 atom stereocenters. The van der Waals surface area contributed by atoms with Crippen molar-refractivity contribution in [3.8, 4) is 45.9 Å². The Morgan fingerprint density at radius 2 is 1.05 bits per heavy atom. The minimum absolute atomic E-state index is 0.0468. The zero-order valence-electron chi connectivity index (χ0n) is 63.9. The molecule has 115 heavy (non-hydrogen) atoms. The summed E-state index contributed by atoms with van der Waals surface area (Å²) >= 11 is 13.3. The number of aliphatic hydroxyl groups is 2. The van der Waals surface area contributed by atoms with E-state index in [4.69, 9.17) is 38.9 Å². The molecule has 0 spiro atoms. The first-order valence-electron chi connectivity index (χ1n) is 36.5. The average molecular weight is 1670 g/mol. The Balaban J connectivity index is 0.000000194. The van der Waals surface area contributed by atoms with Gasteiger partial charge in [0.05, 0.1) is 61.6 Å². The Morgan fingerprint density at radius 1 is 0.635 bits per heavy atom. The predicted molar refractivity (Wildman–Crippen MR) is 416 cm³/mol. The van der Waals surface area contributed by atoms with Crippen LogP contribution in [0.3, 0.4) is 0 Å². The molecule has 6 heterocycles. The van der Waals surface area contributed by atoms with Crippen LogP contribution in [-0.4, -0.2) is 118 Å². The van der Waals surface area contributed by atoms with Gasteiger partial charge in [0, 0.05) is 119 Å². The van der Waals surface area contributed by atoms with Gasteiger partial charge in [-0.2, -0.15) is 38.0 Å². The number of Topliss-reactive ketones (excluding diaryl/α,β-unsaturated/α-hetero) is 2. The summed E-state index contributed by atoms with van der Waals surface area (Å²) < 4.78 is 173. The van der Waals surface area contributed by atoms with E-state index in [1.165, 1.54) is 43.3 Å². The summed E-state index contributed by atoms with van der Waals surface area (Å²) in [5, 5.41) is 41.3. The summed E-state index contributed by atoms with van der Waals surface area (Å²) in [6.07, 6.45) is 4.26. The van der Waals surface area contributed by atoms with Crippen molar-refractivity contribution >= 4 is 82.1 Å². The van der Waals surface area contributed by atoms with Gasteiger partial charge in [-0.05, 0) is 161 Å². The number of halogens is 10. The average Bonchev–Trinajstić information content (AvgIpc) is 1.53. The van der Waals surface area contributed by atoms with Crippen LogP contribution in [0.25, 0.3) is 44.1 Å². The van der Waals surface area contributed by atoms with E-state index in [9.17, 15) is 59.1 Å². The van der Waals surface area contributed by atoms with Gasteiger partial charge in [-0.15, -0.1) is 4.91 Å². The quantitative estimate of drug-likeness (QED) is 0.0166. The van der Waals surface area contributed by atoms with Crippen molar-refractivity contribution in [2.45, 2.75) is 158 Å². The fourth-order valence-corrected chi connectivity index (χ4v) is 17.2. The third-order valence-electron chi connectivity index (χ3n) is 20.1. The summed E-state index contributed by atoms with van der Waals surface area (Å²) in [7, 11) is -3.80. The van der Waals surface area contributed by atoms with Gasteiger partial charge in [-0.25, -0.2) is 44.4 Å². The fraction of sp³-hybridized carbons (Fsp3) is 0.407. The Labute approximate surface area is 666 Å². The number of aromatic nitrogens is 10. The van der Waals surface area contributed by atoms with Gasteiger partial charge in [0.15, 0.2) is 36.6 Å². The SMILES string of the molecule is CC(C)CCON=O.Cn1nc(CS(C)(=O)=O)c2c(Cl)ccc(-c3ccc(C#CC(C)(C)O)nc3[C@@H](CC(=O)Cn3nc(N)c4c3C(F)(F)[C@@H]3C[C@H]43)Cc3cc(F)cc(F)c3)c21.Cn1nc(CS(C)(=O)=O)c2c(Cl)ccc(-c3ccc(C#CC(C)(C)O)nc3[C@@H](CC(=O)Cn3ncc4c3C(F)(F)[C@@H]3C[C@H]43)Cc3cc(F)cc(F)c3)c21. The summed E-state index contributed by atoms with van der Waals surface area (Å²) in [6, 6.07) is 19.1. The molecule has 0 saturated heterocycles. The minimum atomic E-state index is -3.53. The third kappa shape index (κ3) is 19.1. The molecule has 4 aliphatic carbocycles. The summed E-state index contributed by atoms with van der Waals surface area (Å²) in [5.41, 5.74) is 7.95. The molecule has 0 amide bonds. The topological polar surface area (TPSA) is 305 Å². The van der Waals surface area contributed by atoms with Crippen LogP contribution in [0.2, 0.25) is 10.0 Å². The van der Waals surface area contributed by atoms with E-state index in [1.54, 1.807) is 62.6 Å². The van der Waals surface area contributed by atoms with Crippen molar-refractivity contribution in [2.75, 3.05) is 24.9 Å². The van der Waals surface area contributed by atoms with Crippen molar-refractivity contribution in [3.05, 3.63) is 197 Å². The van der Waals surface area contributed by atoms with Crippen molar-refractivity contribution in [3.63, 3.8) is 0 Å². The molecule has 10 aromatic rings. The van der Waals surface area contributed by atoms with Gasteiger partial charge in [-0.3, -0.25) is 28.3 Å². The molecule has 34 heteroatoms. The molecular formula is C81H80Cl2F8N12O10S2. The first-order valence-corrected chi connectivity index (χ1v) is 41.4. The monoisotopic (exact) mass is 1670 g/mol. The number of rotatable bonds is 24. The highest BCUT2D eigenvalue weighted by molar-refractivity contribution is 7.90. The first-order chi connectivity index (χ1) is 53.8. The number of hydrogen-bond donors (Lipinski definition) is 3. The maximum atomic E-state index is 15.3. The van der Waals surface area contributed by atoms with E-state index in [2.05, 4.69) is 68.1 Å². The Morgan fingerprint density at radius 3 is 1.48 bits per heavy atom. The van der Waals surface area contributed by atoms with Crippen LogP contribution >= 0.6 is 23.2 Å². The number of fused-ring (bicyclic) bond motifs is 8. The number of aryl methyl sites for hydroxylation is 2. The van der Waals surface area contributed by atoms with Crippen LogP contribution in [-0.2, 0) is 97.5 Å². The predicted octanol–water partition coefficient (Wildman–Crippen LogP) is 14.6. The number of benzene rings is 4. The van der Waals surface area contributed by atoms with E-state index in [0.29, 0.717) is 81.1 Å². The number of pyridine rings is 2. The first kappa shape index (κ1) is 84.4. The lowest BCUT2D eigenvalue weighted by Gasteiger charge is -2.22. The second kappa shape index (κ2) is 32.3.